The summed E-state index contributed by atoms with van der Waals surface area (Å²) in [5, 5.41) is 16.0. The molecular weight excluding hydrogens is 470 g/mol. The molecule has 8 nitrogen and oxygen atoms in total. The van der Waals surface area contributed by atoms with E-state index < -0.39 is 34.5 Å². The van der Waals surface area contributed by atoms with Crippen LogP contribution < -0.4 is 15.0 Å². The van der Waals surface area contributed by atoms with Crippen LogP contribution in [0, 0.1) is 11.3 Å². The number of esters is 1. The maximum atomic E-state index is 12.9. The van der Waals surface area contributed by atoms with Crippen LogP contribution in [0.2, 0.25) is 0 Å². The van der Waals surface area contributed by atoms with Crippen LogP contribution >= 0.6 is 0 Å². The van der Waals surface area contributed by atoms with Gasteiger partial charge >= 0.3 is 5.97 Å². The summed E-state index contributed by atoms with van der Waals surface area (Å²) in [6.07, 6.45) is 5.43. The van der Waals surface area contributed by atoms with Gasteiger partial charge in [0.05, 0.1) is 19.7 Å². The molecule has 8 heteroatoms. The van der Waals surface area contributed by atoms with E-state index in [1.807, 2.05) is 33.0 Å². The Balaban J connectivity index is 1.73. The van der Waals surface area contributed by atoms with E-state index >= 15 is 0 Å². The third-order valence-electron chi connectivity index (χ3n) is 9.38. The highest BCUT2D eigenvalue weighted by Crippen LogP contribution is 2.67. The van der Waals surface area contributed by atoms with Gasteiger partial charge in [-0.3, -0.25) is 14.5 Å². The van der Waals surface area contributed by atoms with Gasteiger partial charge in [-0.15, -0.1) is 0 Å². The number of carbonyl (C=O) groups is 2. The number of nitrogens with zero attached hydrogens (tertiary/aromatic N) is 2. The molecule has 1 aromatic carbocycles. The number of anilines is 1. The molecule has 0 aromatic heterocycles. The fraction of sp³-hybridized carbons (Fsp3) is 0.655. The number of amides is 1. The summed E-state index contributed by atoms with van der Waals surface area (Å²) in [5.74, 6) is 0.407. The lowest BCUT2D eigenvalue weighted by Gasteiger charge is -2.64. The van der Waals surface area contributed by atoms with Crippen molar-refractivity contribution in [1.82, 2.24) is 10.2 Å². The number of benzene rings is 1. The molecule has 1 aliphatic carbocycles. The van der Waals surface area contributed by atoms with Crippen molar-refractivity contribution < 1.29 is 24.2 Å². The first kappa shape index (κ1) is 26.0. The third-order valence-corrected chi connectivity index (χ3v) is 9.38. The molecule has 4 aliphatic rings. The molecule has 3 aliphatic heterocycles. The average molecular weight is 512 g/mol. The molecule has 0 bridgehead atoms. The van der Waals surface area contributed by atoms with Crippen LogP contribution in [0.1, 0.15) is 52.5 Å². The smallest absolute Gasteiger partial charge is 0.303 e. The summed E-state index contributed by atoms with van der Waals surface area (Å²) < 4.78 is 11.7. The van der Waals surface area contributed by atoms with E-state index in [1.165, 1.54) is 12.5 Å². The Hall–Kier alpha value is -2.58. The minimum atomic E-state index is -1.54. The van der Waals surface area contributed by atoms with Crippen molar-refractivity contribution in [1.29, 1.82) is 0 Å². The first-order valence-electron chi connectivity index (χ1n) is 13.5. The van der Waals surface area contributed by atoms with Gasteiger partial charge in [-0.25, -0.2) is 0 Å². The number of fused-ring (bicyclic) bond motifs is 1. The van der Waals surface area contributed by atoms with Crippen LogP contribution in [0.15, 0.2) is 30.4 Å². The minimum Gasteiger partial charge on any atom is -0.497 e. The van der Waals surface area contributed by atoms with Crippen LogP contribution in [0.5, 0.6) is 5.75 Å². The van der Waals surface area contributed by atoms with Crippen molar-refractivity contribution in [2.75, 3.05) is 38.7 Å². The monoisotopic (exact) mass is 511 g/mol. The standard InChI is InChI=1S/C29H41N3O5/c1-7-27-11-8-13-32-14-12-28(24(27)32)21-10-9-20(36-6)16-22(21)31(5)25(28)29(35,26(27)37-19(4)33)17-30-23(34)15-18(2)3/h8-11,16,18,24-26,35H,7,12-15,17H2,1-6H3,(H,30,34)/t24-,25+,26+,27+,28+,29?/m0/s1. The number of methoxy groups -OCH3 is 1. The SMILES string of the molecule is CC[C@]12C=CCN3CC[C@@]4(c5ccc(OC)cc5N(C)[C@H]4C(O)(CNC(=O)CC(C)C)[C@@H]1OC(C)=O)[C@@H]32. The highest BCUT2D eigenvalue weighted by atomic mass is 16.6. The first-order chi connectivity index (χ1) is 17.5. The van der Waals surface area contributed by atoms with Gasteiger partial charge in [0.1, 0.15) is 17.5 Å². The number of ether oxygens (including phenoxy) is 2. The summed E-state index contributed by atoms with van der Waals surface area (Å²) in [6.45, 7) is 9.22. The Bertz CT molecular complexity index is 1120. The van der Waals surface area contributed by atoms with Crippen molar-refractivity contribution in [3.63, 3.8) is 0 Å². The number of hydrogen-bond donors (Lipinski definition) is 2. The van der Waals surface area contributed by atoms with Crippen molar-refractivity contribution in [2.45, 2.75) is 76.2 Å². The summed E-state index contributed by atoms with van der Waals surface area (Å²) in [4.78, 5) is 30.1. The lowest BCUT2D eigenvalue weighted by molar-refractivity contribution is -0.217. The Morgan fingerprint density at radius 2 is 2.03 bits per heavy atom. The van der Waals surface area contributed by atoms with Crippen molar-refractivity contribution in [3.8, 4) is 5.75 Å². The molecule has 1 spiro atoms. The zero-order chi connectivity index (χ0) is 26.8. The van der Waals surface area contributed by atoms with E-state index in [1.54, 1.807) is 7.11 Å². The average Bonchev–Trinajstić information content (AvgIpc) is 3.37. The number of carbonyl (C=O) groups excluding carboxylic acids is 2. The van der Waals surface area contributed by atoms with Gasteiger partial charge in [0.2, 0.25) is 5.91 Å². The number of nitrogens with one attached hydrogen (secondary N) is 1. The number of aliphatic hydroxyl groups is 1. The highest BCUT2D eigenvalue weighted by molar-refractivity contribution is 5.77. The zero-order valence-electron chi connectivity index (χ0n) is 22.9. The van der Waals surface area contributed by atoms with E-state index in [4.69, 9.17) is 9.47 Å². The Kier molecular flexibility index (Phi) is 6.35. The van der Waals surface area contributed by atoms with Gasteiger partial charge < -0.3 is 24.8 Å². The lowest BCUT2D eigenvalue weighted by atomic mass is 9.47. The van der Waals surface area contributed by atoms with Crippen LogP contribution in [-0.2, 0) is 19.7 Å². The van der Waals surface area contributed by atoms with Crippen LogP contribution in [-0.4, -0.2) is 79.5 Å². The quantitative estimate of drug-likeness (QED) is 0.430. The fourth-order valence-electron chi connectivity index (χ4n) is 8.33. The van der Waals surface area contributed by atoms with E-state index in [2.05, 4.69) is 40.3 Å². The van der Waals surface area contributed by atoms with Gasteiger partial charge in [0.25, 0.3) is 0 Å². The van der Waals surface area contributed by atoms with Crippen molar-refractivity contribution in [2.24, 2.45) is 11.3 Å². The molecule has 1 amide bonds. The fourth-order valence-corrected chi connectivity index (χ4v) is 8.33. The predicted molar refractivity (Wildman–Crippen MR) is 142 cm³/mol. The number of hydrogen-bond acceptors (Lipinski definition) is 7. The molecule has 2 fully saturated rings. The number of likely N-dealkylation sites (N-methyl/N-ethyl adjacent to an activating group) is 1. The second-order valence-corrected chi connectivity index (χ2v) is 11.8. The molecule has 5 rings (SSSR count). The van der Waals surface area contributed by atoms with Crippen LogP contribution in [0.3, 0.4) is 0 Å². The summed E-state index contributed by atoms with van der Waals surface area (Å²) >= 11 is 0. The first-order valence-corrected chi connectivity index (χ1v) is 13.5. The molecule has 1 saturated heterocycles. The molecule has 1 aromatic rings. The maximum absolute atomic E-state index is 12.9. The lowest BCUT2D eigenvalue weighted by Crippen LogP contribution is -2.81. The van der Waals surface area contributed by atoms with Gasteiger partial charge in [0, 0.05) is 55.6 Å². The second kappa shape index (κ2) is 9.02. The van der Waals surface area contributed by atoms with E-state index in [0.717, 1.165) is 30.9 Å². The normalized spacial score (nSPS) is 35.7. The topological polar surface area (TPSA) is 91.3 Å². The second-order valence-electron chi connectivity index (χ2n) is 11.8. The third kappa shape index (κ3) is 3.55. The molecule has 1 saturated carbocycles. The Morgan fingerprint density at radius 3 is 2.68 bits per heavy atom. The molecule has 0 radical (unpaired) electrons. The summed E-state index contributed by atoms with van der Waals surface area (Å²) in [7, 11) is 3.66. The summed E-state index contributed by atoms with van der Waals surface area (Å²) in [6, 6.07) is 5.81. The molecule has 2 N–H and O–H groups in total. The van der Waals surface area contributed by atoms with Gasteiger partial charge in [-0.05, 0) is 36.9 Å². The largest absolute Gasteiger partial charge is 0.497 e. The van der Waals surface area contributed by atoms with Gasteiger partial charge in [-0.1, -0.05) is 39.0 Å². The molecule has 1 unspecified atom stereocenters. The van der Waals surface area contributed by atoms with Crippen LogP contribution in [0.4, 0.5) is 5.69 Å². The minimum absolute atomic E-state index is 0.000685. The van der Waals surface area contributed by atoms with Gasteiger partial charge in [0.15, 0.2) is 0 Å². The molecule has 202 valence electrons. The Labute approximate surface area is 220 Å². The molecule has 37 heavy (non-hydrogen) atoms. The zero-order valence-corrected chi connectivity index (χ0v) is 22.9. The Morgan fingerprint density at radius 1 is 1.27 bits per heavy atom. The summed E-state index contributed by atoms with van der Waals surface area (Å²) in [5.41, 5.74) is -0.359. The molecule has 3 heterocycles. The van der Waals surface area contributed by atoms with E-state index in [9.17, 15) is 14.7 Å². The number of rotatable bonds is 7. The molecular formula is C29H41N3O5. The van der Waals surface area contributed by atoms with Crippen molar-refractivity contribution in [3.05, 3.63) is 35.9 Å². The van der Waals surface area contributed by atoms with E-state index in [0.29, 0.717) is 12.8 Å². The molecule has 6 atom stereocenters. The van der Waals surface area contributed by atoms with Crippen molar-refractivity contribution >= 4 is 17.6 Å². The highest BCUT2D eigenvalue weighted by Gasteiger charge is 2.77. The van der Waals surface area contributed by atoms with Crippen LogP contribution in [0.25, 0.3) is 0 Å². The van der Waals surface area contributed by atoms with E-state index in [-0.39, 0.29) is 24.4 Å². The van der Waals surface area contributed by atoms with Gasteiger partial charge in [-0.2, -0.15) is 0 Å². The maximum Gasteiger partial charge on any atom is 0.303 e. The predicted octanol–water partition coefficient (Wildman–Crippen LogP) is 2.63.